The number of alkyl halides is 3. The second-order valence-electron chi connectivity index (χ2n) is 6.20. The van der Waals surface area contributed by atoms with Gasteiger partial charge in [-0.2, -0.15) is 18.1 Å². The molecule has 0 spiro atoms. The Morgan fingerprint density at radius 3 is 2.38 bits per heavy atom. The van der Waals surface area contributed by atoms with Gasteiger partial charge in [-0.3, -0.25) is 10.1 Å². The van der Waals surface area contributed by atoms with Gasteiger partial charge in [0.15, 0.2) is 0 Å². The highest BCUT2D eigenvalue weighted by Gasteiger charge is 2.72. The first-order valence-electron chi connectivity index (χ1n) is 8.67. The molecule has 5 nitrogen and oxygen atoms in total. The number of rotatable bonds is 7. The molecule has 1 aliphatic rings. The fourth-order valence-corrected chi connectivity index (χ4v) is 2.82. The van der Waals surface area contributed by atoms with Crippen LogP contribution in [-0.4, -0.2) is 40.9 Å². The molecule has 0 aromatic heterocycles. The Bertz CT molecular complexity index is 689. The van der Waals surface area contributed by atoms with Crippen LogP contribution < -0.4 is 10.3 Å². The molecule has 0 aliphatic carbocycles. The van der Waals surface area contributed by atoms with Crippen LogP contribution in [0.3, 0.4) is 0 Å². The van der Waals surface area contributed by atoms with E-state index < -0.39 is 23.7 Å². The van der Waals surface area contributed by atoms with Crippen LogP contribution in [0.5, 0.6) is 0 Å². The second kappa shape index (κ2) is 7.88. The highest BCUT2D eigenvalue weighted by Crippen LogP contribution is 2.29. The maximum absolute atomic E-state index is 13.9. The van der Waals surface area contributed by atoms with Gasteiger partial charge in [-0.15, -0.1) is 0 Å². The zero-order valence-electron chi connectivity index (χ0n) is 14.8. The van der Waals surface area contributed by atoms with Crippen LogP contribution in [0.15, 0.2) is 30.3 Å². The first-order valence-corrected chi connectivity index (χ1v) is 8.67. The summed E-state index contributed by atoms with van der Waals surface area (Å²) in [5.74, 6) is -1.98. The molecule has 2 N–H and O–H groups in total. The van der Waals surface area contributed by atoms with E-state index >= 15 is 0 Å². The average Bonchev–Trinajstić information content (AvgIpc) is 2.88. The molecule has 1 aliphatic heterocycles. The zero-order chi connectivity index (χ0) is 19.4. The van der Waals surface area contributed by atoms with E-state index in [2.05, 4.69) is 4.99 Å². The number of nitrogens with one attached hydrogen (secondary N) is 2. The molecule has 0 saturated carbocycles. The Balaban J connectivity index is 2.50. The first-order chi connectivity index (χ1) is 12.3. The van der Waals surface area contributed by atoms with E-state index in [-0.39, 0.29) is 18.8 Å². The highest BCUT2D eigenvalue weighted by atomic mass is 19.4. The van der Waals surface area contributed by atoms with Gasteiger partial charge in [-0.05, 0) is 25.0 Å². The van der Waals surface area contributed by atoms with E-state index in [1.54, 1.807) is 37.3 Å². The number of amidine groups is 1. The topological polar surface area (TPSA) is 63.4 Å². The lowest BCUT2D eigenvalue weighted by Crippen LogP contribution is -2.96. The van der Waals surface area contributed by atoms with Crippen LogP contribution in [0.4, 0.5) is 13.2 Å². The Morgan fingerprint density at radius 1 is 1.19 bits per heavy atom. The van der Waals surface area contributed by atoms with Crippen molar-refractivity contribution in [3.63, 3.8) is 0 Å². The van der Waals surface area contributed by atoms with Gasteiger partial charge in [0, 0.05) is 6.42 Å². The molecule has 0 saturated heterocycles. The molecule has 1 aromatic rings. The fraction of sp³-hybridized carbons (Fsp3) is 0.500. The summed E-state index contributed by atoms with van der Waals surface area (Å²) in [6.45, 7) is 3.71. The second-order valence-corrected chi connectivity index (χ2v) is 6.20. The summed E-state index contributed by atoms with van der Waals surface area (Å²) in [5, 5.41) is 1.92. The first kappa shape index (κ1) is 19.9. The maximum atomic E-state index is 13.9. The third-order valence-electron chi connectivity index (χ3n) is 4.15. The summed E-state index contributed by atoms with van der Waals surface area (Å²) in [6.07, 6.45) is -3.48. The van der Waals surface area contributed by atoms with Crippen LogP contribution >= 0.6 is 0 Å². The standard InChI is InChI=1S/C18H22F3N3O2/c1-3-5-11-14(25)22-17(18(19,20)21)16(26)24(12-4-2)15(23-17)13-9-7-6-8-10-13/h6-10H,3-5,11-12H2,1-2H3,(H,22,25)/p+1/t17-/m0/s1. The number of nitrogens with zero attached hydrogens (tertiary/aromatic N) is 1. The number of hydrogen-bond acceptors (Lipinski definition) is 2. The molecule has 0 unspecified atom stereocenters. The number of unbranched alkanes of at least 4 members (excludes halogenated alkanes) is 1. The van der Waals surface area contributed by atoms with Crippen LogP contribution in [0.1, 0.15) is 45.1 Å². The van der Waals surface area contributed by atoms with E-state index in [1.807, 2.05) is 12.2 Å². The van der Waals surface area contributed by atoms with E-state index in [4.69, 9.17) is 0 Å². The predicted octanol–water partition coefficient (Wildman–Crippen LogP) is 1.33. The van der Waals surface area contributed by atoms with Gasteiger partial charge in [0.05, 0.1) is 12.1 Å². The Labute approximate surface area is 150 Å². The number of amides is 2. The summed E-state index contributed by atoms with van der Waals surface area (Å²) < 4.78 is 41.7. The van der Waals surface area contributed by atoms with Crippen molar-refractivity contribution in [2.75, 3.05) is 6.54 Å². The number of benzene rings is 1. The summed E-state index contributed by atoms with van der Waals surface area (Å²) in [6, 6.07) is 8.31. The summed E-state index contributed by atoms with van der Waals surface area (Å²) in [5.41, 5.74) is -2.69. The van der Waals surface area contributed by atoms with Crippen LogP contribution in [-0.2, 0) is 9.59 Å². The molecule has 8 heteroatoms. The molecule has 1 heterocycles. The molecule has 1 atom stereocenters. The molecule has 26 heavy (non-hydrogen) atoms. The molecule has 0 radical (unpaired) electrons. The minimum absolute atomic E-state index is 0.0468. The van der Waals surface area contributed by atoms with Gasteiger partial charge in [-0.25, -0.2) is 9.79 Å². The largest absolute Gasteiger partial charge is 0.465 e. The average molecular weight is 370 g/mol. The fourth-order valence-electron chi connectivity index (χ4n) is 2.82. The Morgan fingerprint density at radius 2 is 1.85 bits per heavy atom. The third kappa shape index (κ3) is 3.73. The van der Waals surface area contributed by atoms with E-state index in [9.17, 15) is 22.8 Å². The van der Waals surface area contributed by atoms with Crippen LogP contribution in [0.2, 0.25) is 0 Å². The Hall–Kier alpha value is -2.38. The van der Waals surface area contributed by atoms with E-state index in [1.165, 1.54) is 0 Å². The normalized spacial score (nSPS) is 20.3. The van der Waals surface area contributed by atoms with Gasteiger partial charge in [0.1, 0.15) is 0 Å². The minimum Gasteiger partial charge on any atom is -0.298 e. The van der Waals surface area contributed by atoms with Crippen molar-refractivity contribution in [3.8, 4) is 0 Å². The molecule has 2 amide bonds. The monoisotopic (exact) mass is 370 g/mol. The molecule has 0 bridgehead atoms. The molecule has 1 aromatic carbocycles. The van der Waals surface area contributed by atoms with Gasteiger partial charge >= 0.3 is 17.7 Å². The van der Waals surface area contributed by atoms with Crippen molar-refractivity contribution in [2.24, 2.45) is 0 Å². The predicted molar refractivity (Wildman–Crippen MR) is 90.0 cm³/mol. The smallest absolute Gasteiger partial charge is 0.298 e. The van der Waals surface area contributed by atoms with Crippen molar-refractivity contribution in [1.29, 1.82) is 0 Å². The minimum atomic E-state index is -4.99. The van der Waals surface area contributed by atoms with E-state index in [0.717, 1.165) is 4.90 Å². The molecular formula is C18H23F3N3O2+. The van der Waals surface area contributed by atoms with Crippen molar-refractivity contribution in [2.45, 2.75) is 51.4 Å². The molecule has 0 fully saturated rings. The van der Waals surface area contributed by atoms with Crippen molar-refractivity contribution >= 4 is 17.6 Å². The van der Waals surface area contributed by atoms with Crippen molar-refractivity contribution in [1.82, 2.24) is 10.2 Å². The molecular weight excluding hydrogens is 347 g/mol. The summed E-state index contributed by atoms with van der Waals surface area (Å²) >= 11 is 0. The molecule has 2 rings (SSSR count). The summed E-state index contributed by atoms with van der Waals surface area (Å²) in [7, 11) is 0. The maximum Gasteiger partial charge on any atom is 0.465 e. The lowest BCUT2D eigenvalue weighted by molar-refractivity contribution is -0.581. The zero-order valence-corrected chi connectivity index (χ0v) is 14.8. The number of hydrogen-bond donors (Lipinski definition) is 2. The quantitative estimate of drug-likeness (QED) is 0.761. The van der Waals surface area contributed by atoms with Crippen LogP contribution in [0.25, 0.3) is 0 Å². The van der Waals surface area contributed by atoms with Crippen molar-refractivity contribution in [3.05, 3.63) is 35.9 Å². The van der Waals surface area contributed by atoms with Gasteiger partial charge in [-0.1, -0.05) is 38.5 Å². The van der Waals surface area contributed by atoms with Crippen molar-refractivity contribution < 1.29 is 27.8 Å². The SMILES string of the molecule is CCCCC(=O)N[C@]1(C(F)(F)F)[NH+]=C(c2ccccc2)N(CCC)C1=O. The number of carbonyl (C=O) groups is 2. The highest BCUT2D eigenvalue weighted by molar-refractivity contribution is 6.11. The van der Waals surface area contributed by atoms with E-state index in [0.29, 0.717) is 24.8 Å². The third-order valence-corrected chi connectivity index (χ3v) is 4.15. The lowest BCUT2D eigenvalue weighted by atomic mass is 10.1. The number of halogens is 3. The number of carbonyl (C=O) groups excluding carboxylic acids is 2. The summed E-state index contributed by atoms with van der Waals surface area (Å²) in [4.78, 5) is 28.1. The van der Waals surface area contributed by atoms with Gasteiger partial charge in [0.25, 0.3) is 5.84 Å². The van der Waals surface area contributed by atoms with Crippen LogP contribution in [0, 0.1) is 0 Å². The Kier molecular flexibility index (Phi) is 6.05. The lowest BCUT2D eigenvalue weighted by Gasteiger charge is -2.24. The van der Waals surface area contributed by atoms with Gasteiger partial charge < -0.3 is 0 Å². The van der Waals surface area contributed by atoms with Gasteiger partial charge in [0.2, 0.25) is 5.91 Å². The molecule has 142 valence electrons.